The number of para-hydroxylation sites is 2. The SMILES string of the molecule is CCCCN1C(=O)[C@]2(c3ccccc31)c1[nH]c3ccccc3c1CCN2C(C)=O. The molecule has 2 aliphatic rings. The van der Waals surface area contributed by atoms with Crippen LogP contribution in [0.25, 0.3) is 10.9 Å². The van der Waals surface area contributed by atoms with Gasteiger partial charge in [-0.1, -0.05) is 49.7 Å². The largest absolute Gasteiger partial charge is 0.355 e. The first kappa shape index (κ1) is 18.0. The van der Waals surface area contributed by atoms with E-state index < -0.39 is 5.54 Å². The van der Waals surface area contributed by atoms with Gasteiger partial charge in [-0.05, 0) is 30.5 Å². The van der Waals surface area contributed by atoms with E-state index in [4.69, 9.17) is 0 Å². The van der Waals surface area contributed by atoms with Crippen LogP contribution < -0.4 is 4.90 Å². The smallest absolute Gasteiger partial charge is 0.263 e. The van der Waals surface area contributed by atoms with Gasteiger partial charge in [-0.2, -0.15) is 0 Å². The summed E-state index contributed by atoms with van der Waals surface area (Å²) in [5, 5.41) is 1.14. The zero-order valence-electron chi connectivity index (χ0n) is 16.9. The number of nitrogens with one attached hydrogen (secondary N) is 1. The van der Waals surface area contributed by atoms with Gasteiger partial charge in [0.05, 0.1) is 11.4 Å². The van der Waals surface area contributed by atoms with Crippen LogP contribution in [0.4, 0.5) is 5.69 Å². The second-order valence-electron chi connectivity index (χ2n) is 7.98. The maximum Gasteiger partial charge on any atom is 0.263 e. The van der Waals surface area contributed by atoms with E-state index in [2.05, 4.69) is 18.0 Å². The maximum atomic E-state index is 14.1. The van der Waals surface area contributed by atoms with Crippen LogP contribution in [-0.4, -0.2) is 34.8 Å². The van der Waals surface area contributed by atoms with E-state index in [1.807, 2.05) is 47.4 Å². The molecule has 2 amide bonds. The average molecular weight is 387 g/mol. The molecule has 1 atom stereocenters. The average Bonchev–Trinajstić information content (AvgIpc) is 3.22. The molecule has 0 aliphatic carbocycles. The van der Waals surface area contributed by atoms with Crippen molar-refractivity contribution >= 4 is 28.4 Å². The van der Waals surface area contributed by atoms with Crippen molar-refractivity contribution in [2.24, 2.45) is 0 Å². The first-order chi connectivity index (χ1) is 14.1. The molecule has 0 bridgehead atoms. The summed E-state index contributed by atoms with van der Waals surface area (Å²) >= 11 is 0. The third kappa shape index (κ3) is 2.27. The maximum absolute atomic E-state index is 14.1. The monoisotopic (exact) mass is 387 g/mol. The van der Waals surface area contributed by atoms with E-state index in [0.717, 1.165) is 52.7 Å². The molecule has 5 rings (SSSR count). The molecule has 0 fully saturated rings. The van der Waals surface area contributed by atoms with Crippen molar-refractivity contribution in [3.8, 4) is 0 Å². The van der Waals surface area contributed by atoms with Gasteiger partial charge in [-0.3, -0.25) is 9.59 Å². The van der Waals surface area contributed by atoms with Crippen LogP contribution in [0.15, 0.2) is 48.5 Å². The second kappa shape index (κ2) is 6.48. The van der Waals surface area contributed by atoms with Gasteiger partial charge in [0.1, 0.15) is 0 Å². The number of amides is 2. The van der Waals surface area contributed by atoms with Gasteiger partial charge in [0.15, 0.2) is 5.54 Å². The lowest BCUT2D eigenvalue weighted by molar-refractivity contribution is -0.143. The Hall–Kier alpha value is -3.08. The Morgan fingerprint density at radius 2 is 1.90 bits per heavy atom. The van der Waals surface area contributed by atoms with Crippen molar-refractivity contribution in [3.05, 3.63) is 65.4 Å². The first-order valence-electron chi connectivity index (χ1n) is 10.4. The van der Waals surface area contributed by atoms with Crippen LogP contribution in [0, 0.1) is 0 Å². The van der Waals surface area contributed by atoms with E-state index in [1.54, 1.807) is 11.8 Å². The number of fused-ring (bicyclic) bond motifs is 6. The molecule has 3 heterocycles. The molecular formula is C24H25N3O2. The summed E-state index contributed by atoms with van der Waals surface area (Å²) in [4.78, 5) is 34.1. The quantitative estimate of drug-likeness (QED) is 0.739. The van der Waals surface area contributed by atoms with Crippen LogP contribution in [0.5, 0.6) is 0 Å². The molecule has 0 unspecified atom stereocenters. The molecule has 148 valence electrons. The van der Waals surface area contributed by atoms with Crippen molar-refractivity contribution in [3.63, 3.8) is 0 Å². The third-order valence-corrected chi connectivity index (χ3v) is 6.42. The molecule has 1 aromatic heterocycles. The number of anilines is 1. The van der Waals surface area contributed by atoms with Gasteiger partial charge in [-0.15, -0.1) is 0 Å². The Morgan fingerprint density at radius 1 is 1.14 bits per heavy atom. The molecule has 0 saturated heterocycles. The molecule has 1 spiro atoms. The van der Waals surface area contributed by atoms with Crippen molar-refractivity contribution in [1.29, 1.82) is 0 Å². The summed E-state index contributed by atoms with van der Waals surface area (Å²) in [5.74, 6) is -0.0929. The van der Waals surface area contributed by atoms with Crippen molar-refractivity contribution in [2.45, 2.75) is 38.6 Å². The predicted molar refractivity (Wildman–Crippen MR) is 114 cm³/mol. The fourth-order valence-corrected chi connectivity index (χ4v) is 5.16. The molecule has 29 heavy (non-hydrogen) atoms. The minimum atomic E-state index is -1.11. The highest BCUT2D eigenvalue weighted by Crippen LogP contribution is 2.51. The molecule has 5 nitrogen and oxygen atoms in total. The van der Waals surface area contributed by atoms with Gasteiger partial charge in [0.2, 0.25) is 5.91 Å². The van der Waals surface area contributed by atoms with Crippen LogP contribution in [0.3, 0.4) is 0 Å². The number of aromatic nitrogens is 1. The molecule has 1 N–H and O–H groups in total. The summed E-state index contributed by atoms with van der Waals surface area (Å²) in [6, 6.07) is 16.1. The Kier molecular flexibility index (Phi) is 4.02. The molecule has 0 radical (unpaired) electrons. The van der Waals surface area contributed by atoms with E-state index in [-0.39, 0.29) is 11.8 Å². The van der Waals surface area contributed by atoms with Crippen LogP contribution in [-0.2, 0) is 21.5 Å². The number of H-pyrrole nitrogens is 1. The Morgan fingerprint density at radius 3 is 2.69 bits per heavy atom. The first-order valence-corrected chi connectivity index (χ1v) is 10.4. The summed E-state index contributed by atoms with van der Waals surface area (Å²) in [6.45, 7) is 4.89. The summed E-state index contributed by atoms with van der Waals surface area (Å²) in [7, 11) is 0. The summed E-state index contributed by atoms with van der Waals surface area (Å²) in [6.07, 6.45) is 2.67. The normalized spacial score (nSPS) is 20.4. The van der Waals surface area contributed by atoms with Gasteiger partial charge >= 0.3 is 0 Å². The highest BCUT2D eigenvalue weighted by atomic mass is 16.2. The number of hydrogen-bond acceptors (Lipinski definition) is 2. The van der Waals surface area contributed by atoms with E-state index in [1.165, 1.54) is 0 Å². The van der Waals surface area contributed by atoms with Crippen LogP contribution >= 0.6 is 0 Å². The lowest BCUT2D eigenvalue weighted by atomic mass is 9.80. The molecular weight excluding hydrogens is 362 g/mol. The number of unbranched alkanes of at least 4 members (excludes halogenated alkanes) is 1. The number of carbonyl (C=O) groups is 2. The second-order valence-corrected chi connectivity index (χ2v) is 7.98. The van der Waals surface area contributed by atoms with Crippen LogP contribution in [0.2, 0.25) is 0 Å². The number of carbonyl (C=O) groups excluding carboxylic acids is 2. The van der Waals surface area contributed by atoms with Crippen LogP contribution in [0.1, 0.15) is 43.5 Å². The Labute approximate surface area is 170 Å². The highest BCUT2D eigenvalue weighted by Gasteiger charge is 2.59. The number of aromatic amines is 1. The standard InChI is InChI=1S/C24H25N3O2/c1-3-4-14-26-21-12-8-6-10-19(21)24(23(26)29)22-18(13-15-27(24)16(2)28)17-9-5-7-11-20(17)25-22/h5-12,25H,3-4,13-15H2,1-2H3/t24-/m0/s1. The van der Waals surface area contributed by atoms with E-state index >= 15 is 0 Å². The summed E-state index contributed by atoms with van der Waals surface area (Å²) < 4.78 is 0. The van der Waals surface area contributed by atoms with Crippen molar-refractivity contribution in [2.75, 3.05) is 18.0 Å². The van der Waals surface area contributed by atoms with E-state index in [0.29, 0.717) is 13.1 Å². The number of rotatable bonds is 3. The molecule has 2 aromatic carbocycles. The molecule has 3 aromatic rings. The fraction of sp³-hybridized carbons (Fsp3) is 0.333. The number of nitrogens with zero attached hydrogens (tertiary/aromatic N) is 2. The van der Waals surface area contributed by atoms with Gasteiger partial charge in [0, 0.05) is 36.5 Å². The molecule has 0 saturated carbocycles. The fourth-order valence-electron chi connectivity index (χ4n) is 5.16. The van der Waals surface area contributed by atoms with Gasteiger partial charge in [0.25, 0.3) is 5.91 Å². The third-order valence-electron chi connectivity index (χ3n) is 6.42. The van der Waals surface area contributed by atoms with E-state index in [9.17, 15) is 9.59 Å². The zero-order chi connectivity index (χ0) is 20.2. The predicted octanol–water partition coefficient (Wildman–Crippen LogP) is 3.96. The zero-order valence-corrected chi connectivity index (χ0v) is 16.9. The minimum absolute atomic E-state index is 0.0187. The minimum Gasteiger partial charge on any atom is -0.355 e. The number of benzene rings is 2. The van der Waals surface area contributed by atoms with Crippen molar-refractivity contribution < 1.29 is 9.59 Å². The number of hydrogen-bond donors (Lipinski definition) is 1. The lowest BCUT2D eigenvalue weighted by Gasteiger charge is -2.43. The highest BCUT2D eigenvalue weighted by molar-refractivity contribution is 6.12. The van der Waals surface area contributed by atoms with Gasteiger partial charge in [-0.25, -0.2) is 0 Å². The summed E-state index contributed by atoms with van der Waals surface area (Å²) in [5.41, 5.74) is 3.74. The topological polar surface area (TPSA) is 56.4 Å². The Balaban J connectivity index is 1.83. The molecule has 5 heteroatoms. The van der Waals surface area contributed by atoms with Crippen molar-refractivity contribution in [1.82, 2.24) is 9.88 Å². The Bertz CT molecular complexity index is 1130. The van der Waals surface area contributed by atoms with Gasteiger partial charge < -0.3 is 14.8 Å². The molecule has 2 aliphatic heterocycles. The lowest BCUT2D eigenvalue weighted by Crippen LogP contribution is -2.58.